The Morgan fingerprint density at radius 3 is 2.82 bits per heavy atom. The van der Waals surface area contributed by atoms with Crippen molar-refractivity contribution in [3.63, 3.8) is 0 Å². The van der Waals surface area contributed by atoms with Crippen molar-refractivity contribution < 1.29 is 4.74 Å². The van der Waals surface area contributed by atoms with Crippen molar-refractivity contribution >= 4 is 23.7 Å². The Morgan fingerprint density at radius 1 is 1.35 bits per heavy atom. The smallest absolute Gasteiger partial charge is 0.0926 e. The summed E-state index contributed by atoms with van der Waals surface area (Å²) < 4.78 is 5.28. The number of unbranched alkanes of at least 4 members (excludes halogenated alkanes) is 1. The number of nitrogens with zero attached hydrogens (tertiary/aromatic N) is 1. The molecule has 0 atom stereocenters. The van der Waals surface area contributed by atoms with Crippen LogP contribution in [0.3, 0.4) is 0 Å². The van der Waals surface area contributed by atoms with Gasteiger partial charge in [-0.3, -0.25) is 0 Å². The molecule has 0 spiro atoms. The van der Waals surface area contributed by atoms with Crippen LogP contribution in [0, 0.1) is 0 Å². The maximum absolute atomic E-state index is 5.28. The second-order valence-electron chi connectivity index (χ2n) is 3.67. The van der Waals surface area contributed by atoms with Gasteiger partial charge in [0.25, 0.3) is 0 Å². The highest BCUT2D eigenvalue weighted by Crippen LogP contribution is 2.09. The van der Waals surface area contributed by atoms with E-state index in [9.17, 15) is 0 Å². The Labute approximate surface area is 114 Å². The standard InChI is InChI=1S/C12H22N2OS.ClH/c1-3-12-14-11(10-16-12)9-13-7-5-6-8-15-4-2;/h10,13H,3-9H2,1-2H3;1H. The summed E-state index contributed by atoms with van der Waals surface area (Å²) in [6.07, 6.45) is 3.35. The molecule has 1 heterocycles. The van der Waals surface area contributed by atoms with Crippen molar-refractivity contribution in [1.82, 2.24) is 10.3 Å². The van der Waals surface area contributed by atoms with Gasteiger partial charge in [-0.15, -0.1) is 23.7 Å². The molecule has 0 bridgehead atoms. The Hall–Kier alpha value is -0.160. The van der Waals surface area contributed by atoms with E-state index >= 15 is 0 Å². The molecule has 5 heteroatoms. The number of nitrogens with one attached hydrogen (secondary N) is 1. The zero-order chi connectivity index (χ0) is 11.6. The molecule has 0 fully saturated rings. The third kappa shape index (κ3) is 7.71. The maximum atomic E-state index is 5.28. The van der Waals surface area contributed by atoms with E-state index in [-0.39, 0.29) is 12.4 Å². The topological polar surface area (TPSA) is 34.1 Å². The molecule has 0 aliphatic rings. The van der Waals surface area contributed by atoms with Crippen molar-refractivity contribution in [2.24, 2.45) is 0 Å². The highest BCUT2D eigenvalue weighted by molar-refractivity contribution is 7.09. The second-order valence-corrected chi connectivity index (χ2v) is 4.61. The van der Waals surface area contributed by atoms with Crippen molar-refractivity contribution in [3.05, 3.63) is 16.1 Å². The van der Waals surface area contributed by atoms with Gasteiger partial charge in [0.15, 0.2) is 0 Å². The Kier molecular flexibility index (Phi) is 10.9. The van der Waals surface area contributed by atoms with E-state index in [1.807, 2.05) is 6.92 Å². The van der Waals surface area contributed by atoms with Gasteiger partial charge in [0.05, 0.1) is 10.7 Å². The monoisotopic (exact) mass is 278 g/mol. The van der Waals surface area contributed by atoms with Crippen molar-refractivity contribution in [2.75, 3.05) is 19.8 Å². The van der Waals surface area contributed by atoms with Crippen LogP contribution in [-0.4, -0.2) is 24.7 Å². The SMILES string of the molecule is CCOCCCCNCc1csc(CC)n1.Cl. The number of aryl methyl sites for hydroxylation is 1. The molecule has 1 rings (SSSR count). The molecular weight excluding hydrogens is 256 g/mol. The van der Waals surface area contributed by atoms with Crippen LogP contribution in [0.1, 0.15) is 37.4 Å². The summed E-state index contributed by atoms with van der Waals surface area (Å²) in [5.41, 5.74) is 1.17. The summed E-state index contributed by atoms with van der Waals surface area (Å²) in [5, 5.41) is 6.78. The van der Waals surface area contributed by atoms with Gasteiger partial charge in [-0.1, -0.05) is 6.92 Å². The van der Waals surface area contributed by atoms with Gasteiger partial charge >= 0.3 is 0 Å². The van der Waals surface area contributed by atoms with Crippen LogP contribution >= 0.6 is 23.7 Å². The zero-order valence-electron chi connectivity index (χ0n) is 10.7. The molecule has 0 aliphatic carbocycles. The number of ether oxygens (including phenoxy) is 1. The summed E-state index contributed by atoms with van der Waals surface area (Å²) in [6.45, 7) is 7.83. The molecule has 1 aromatic rings. The Morgan fingerprint density at radius 2 is 2.18 bits per heavy atom. The molecule has 0 saturated heterocycles. The highest BCUT2D eigenvalue weighted by Gasteiger charge is 1.98. The van der Waals surface area contributed by atoms with Crippen LogP contribution in [0.15, 0.2) is 5.38 Å². The molecule has 0 aromatic carbocycles. The third-order valence-corrected chi connectivity index (χ3v) is 3.35. The molecule has 1 aromatic heterocycles. The summed E-state index contributed by atoms with van der Waals surface area (Å²) in [4.78, 5) is 4.51. The maximum Gasteiger partial charge on any atom is 0.0926 e. The minimum Gasteiger partial charge on any atom is -0.382 e. The zero-order valence-corrected chi connectivity index (χ0v) is 12.3. The lowest BCUT2D eigenvalue weighted by Gasteiger charge is -2.03. The van der Waals surface area contributed by atoms with E-state index in [4.69, 9.17) is 4.74 Å². The van der Waals surface area contributed by atoms with Crippen molar-refractivity contribution in [1.29, 1.82) is 0 Å². The lowest BCUT2D eigenvalue weighted by atomic mass is 10.3. The number of hydrogen-bond donors (Lipinski definition) is 1. The number of aromatic nitrogens is 1. The van der Waals surface area contributed by atoms with Gasteiger partial charge < -0.3 is 10.1 Å². The predicted octanol–water partition coefficient (Wildman–Crippen LogP) is 3.03. The average molecular weight is 279 g/mol. The molecule has 0 unspecified atom stereocenters. The molecular formula is C12H23ClN2OS. The minimum absolute atomic E-state index is 0. The molecule has 17 heavy (non-hydrogen) atoms. The molecule has 3 nitrogen and oxygen atoms in total. The summed E-state index contributed by atoms with van der Waals surface area (Å²) in [7, 11) is 0. The summed E-state index contributed by atoms with van der Waals surface area (Å²) >= 11 is 1.75. The normalized spacial score (nSPS) is 10.2. The van der Waals surface area contributed by atoms with Crippen LogP contribution < -0.4 is 5.32 Å². The fourth-order valence-electron chi connectivity index (χ4n) is 1.41. The first-order valence-electron chi connectivity index (χ1n) is 6.08. The van der Waals surface area contributed by atoms with E-state index in [2.05, 4.69) is 22.6 Å². The van der Waals surface area contributed by atoms with E-state index in [0.29, 0.717) is 0 Å². The van der Waals surface area contributed by atoms with Gasteiger partial charge in [-0.05, 0) is 32.7 Å². The van der Waals surface area contributed by atoms with Gasteiger partial charge in [0, 0.05) is 25.1 Å². The predicted molar refractivity (Wildman–Crippen MR) is 76.2 cm³/mol. The minimum atomic E-state index is 0. The Bertz CT molecular complexity index is 281. The summed E-state index contributed by atoms with van der Waals surface area (Å²) in [5.74, 6) is 0. The first-order valence-corrected chi connectivity index (χ1v) is 6.96. The number of thiazole rings is 1. The van der Waals surface area contributed by atoms with Crippen molar-refractivity contribution in [2.45, 2.75) is 39.7 Å². The van der Waals surface area contributed by atoms with Gasteiger partial charge in [0.1, 0.15) is 0 Å². The van der Waals surface area contributed by atoms with Crippen LogP contribution in [0.4, 0.5) is 0 Å². The van der Waals surface area contributed by atoms with Gasteiger partial charge in [-0.25, -0.2) is 4.98 Å². The number of halogens is 1. The van der Waals surface area contributed by atoms with Crippen LogP contribution in [0.2, 0.25) is 0 Å². The van der Waals surface area contributed by atoms with E-state index in [1.54, 1.807) is 11.3 Å². The lowest BCUT2D eigenvalue weighted by molar-refractivity contribution is 0.143. The first-order chi connectivity index (χ1) is 7.86. The fraction of sp³-hybridized carbons (Fsp3) is 0.750. The quantitative estimate of drug-likeness (QED) is 0.705. The van der Waals surface area contributed by atoms with E-state index < -0.39 is 0 Å². The second kappa shape index (κ2) is 11.0. The molecule has 0 saturated carbocycles. The van der Waals surface area contributed by atoms with Crippen molar-refractivity contribution in [3.8, 4) is 0 Å². The first kappa shape index (κ1) is 16.8. The third-order valence-electron chi connectivity index (χ3n) is 2.30. The van der Waals surface area contributed by atoms with E-state index in [0.717, 1.165) is 39.1 Å². The van der Waals surface area contributed by atoms with Gasteiger partial charge in [0.2, 0.25) is 0 Å². The Balaban J connectivity index is 0.00000256. The van der Waals surface area contributed by atoms with Gasteiger partial charge in [-0.2, -0.15) is 0 Å². The number of hydrogen-bond acceptors (Lipinski definition) is 4. The molecule has 0 amide bonds. The van der Waals surface area contributed by atoms with E-state index in [1.165, 1.54) is 17.1 Å². The molecule has 100 valence electrons. The molecule has 1 N–H and O–H groups in total. The molecule has 0 radical (unpaired) electrons. The largest absolute Gasteiger partial charge is 0.382 e. The average Bonchev–Trinajstić information content (AvgIpc) is 2.76. The number of rotatable bonds is 9. The lowest BCUT2D eigenvalue weighted by Crippen LogP contribution is -2.15. The van der Waals surface area contributed by atoms with Crippen LogP contribution in [0.25, 0.3) is 0 Å². The van der Waals surface area contributed by atoms with Crippen LogP contribution in [0.5, 0.6) is 0 Å². The molecule has 0 aliphatic heterocycles. The summed E-state index contributed by atoms with van der Waals surface area (Å²) in [6, 6.07) is 0. The fourth-order valence-corrected chi connectivity index (χ4v) is 2.15. The highest BCUT2D eigenvalue weighted by atomic mass is 35.5. The van der Waals surface area contributed by atoms with Crippen LogP contribution in [-0.2, 0) is 17.7 Å².